The summed E-state index contributed by atoms with van der Waals surface area (Å²) in [5.74, 6) is 1.24. The molecule has 1 aromatic rings. The summed E-state index contributed by atoms with van der Waals surface area (Å²) >= 11 is 0. The molecule has 1 N–H and O–H groups in total. The van der Waals surface area contributed by atoms with Gasteiger partial charge in [-0.3, -0.25) is 9.59 Å². The number of nitrogens with one attached hydrogen (secondary N) is 1. The Morgan fingerprint density at radius 1 is 1.33 bits per heavy atom. The van der Waals surface area contributed by atoms with Gasteiger partial charge in [0.25, 0.3) is 5.91 Å². The lowest BCUT2D eigenvalue weighted by Gasteiger charge is -2.38. The number of likely N-dealkylation sites (tertiary alicyclic amines) is 1. The van der Waals surface area contributed by atoms with Gasteiger partial charge >= 0.3 is 0 Å². The Morgan fingerprint density at radius 2 is 2.11 bits per heavy atom. The quantitative estimate of drug-likeness (QED) is 0.863. The summed E-state index contributed by atoms with van der Waals surface area (Å²) in [5.41, 5.74) is 0.501. The monoisotopic (exact) mass is 371 g/mol. The predicted octanol–water partition coefficient (Wildman–Crippen LogP) is 2.57. The van der Waals surface area contributed by atoms with E-state index < -0.39 is 5.60 Å². The van der Waals surface area contributed by atoms with Crippen LogP contribution in [0.5, 0.6) is 5.75 Å². The number of carbonyl (C=O) groups is 2. The van der Waals surface area contributed by atoms with Crippen molar-refractivity contribution in [3.8, 4) is 5.75 Å². The average Bonchev–Trinajstić information content (AvgIpc) is 3.41. The van der Waals surface area contributed by atoms with E-state index in [2.05, 4.69) is 10.5 Å². The van der Waals surface area contributed by atoms with Crippen LogP contribution in [0, 0.1) is 5.92 Å². The number of oxime groups is 1. The molecule has 2 amide bonds. The molecule has 2 heterocycles. The van der Waals surface area contributed by atoms with E-state index in [1.165, 1.54) is 12.8 Å². The van der Waals surface area contributed by atoms with Crippen molar-refractivity contribution in [1.29, 1.82) is 0 Å². The third-order valence-corrected chi connectivity index (χ3v) is 5.50. The molecule has 27 heavy (non-hydrogen) atoms. The fraction of sp³-hybridized carbons (Fsp3) is 0.550. The number of hydrogen-bond donors (Lipinski definition) is 1. The second-order valence-electron chi connectivity index (χ2n) is 7.74. The minimum absolute atomic E-state index is 0.205. The summed E-state index contributed by atoms with van der Waals surface area (Å²) in [6.07, 6.45) is 5.09. The van der Waals surface area contributed by atoms with E-state index >= 15 is 0 Å². The Balaban J connectivity index is 1.34. The maximum atomic E-state index is 12.5. The largest absolute Gasteiger partial charge is 0.497 e. The Kier molecular flexibility index (Phi) is 4.76. The van der Waals surface area contributed by atoms with Gasteiger partial charge in [-0.05, 0) is 55.9 Å². The number of benzene rings is 1. The second-order valence-corrected chi connectivity index (χ2v) is 7.74. The number of methoxy groups -OCH3 is 1. The lowest BCUT2D eigenvalue weighted by atomic mass is 9.87. The van der Waals surface area contributed by atoms with Crippen LogP contribution in [0.4, 0.5) is 5.69 Å². The number of nitrogens with zero attached hydrogens (tertiary/aromatic N) is 2. The minimum Gasteiger partial charge on any atom is -0.497 e. The van der Waals surface area contributed by atoms with E-state index in [4.69, 9.17) is 9.57 Å². The van der Waals surface area contributed by atoms with Gasteiger partial charge in [-0.15, -0.1) is 0 Å². The van der Waals surface area contributed by atoms with Gasteiger partial charge in [-0.25, -0.2) is 0 Å². The highest BCUT2D eigenvalue weighted by molar-refractivity contribution is 6.43. The normalized spacial score (nSPS) is 24.3. The number of amides is 2. The molecule has 7 heteroatoms. The first-order valence-electron chi connectivity index (χ1n) is 9.55. The van der Waals surface area contributed by atoms with E-state index in [1.54, 1.807) is 31.4 Å². The maximum absolute atomic E-state index is 12.5. The summed E-state index contributed by atoms with van der Waals surface area (Å²) in [6.45, 7) is 1.28. The van der Waals surface area contributed by atoms with Gasteiger partial charge in [0, 0.05) is 25.1 Å². The zero-order valence-corrected chi connectivity index (χ0v) is 15.6. The van der Waals surface area contributed by atoms with Crippen molar-refractivity contribution in [3.63, 3.8) is 0 Å². The molecular weight excluding hydrogens is 346 g/mol. The maximum Gasteiger partial charge on any atom is 0.273 e. The van der Waals surface area contributed by atoms with Crippen LogP contribution < -0.4 is 10.1 Å². The standard InChI is InChI=1S/C20H25N3O4/c1-26-16-7-5-15(6-8-16)21-19(25)17-12-20(27-22-17)9-2-10-23(13-20)18(24)11-14-3-4-14/h5-8,14H,2-4,9-13H2,1H3,(H,21,25)/t20-/m1/s1. The number of rotatable bonds is 5. The molecule has 1 saturated heterocycles. The van der Waals surface area contributed by atoms with Gasteiger partial charge < -0.3 is 19.8 Å². The number of carbonyl (C=O) groups excluding carboxylic acids is 2. The third-order valence-electron chi connectivity index (χ3n) is 5.50. The molecule has 1 aromatic carbocycles. The average molecular weight is 371 g/mol. The van der Waals surface area contributed by atoms with Crippen molar-refractivity contribution in [3.05, 3.63) is 24.3 Å². The van der Waals surface area contributed by atoms with Crippen LogP contribution >= 0.6 is 0 Å². The van der Waals surface area contributed by atoms with Gasteiger partial charge in [0.2, 0.25) is 5.91 Å². The highest BCUT2D eigenvalue weighted by atomic mass is 16.7. The molecule has 0 aromatic heterocycles. The molecule has 2 aliphatic heterocycles. The van der Waals surface area contributed by atoms with Crippen molar-refractivity contribution in [2.75, 3.05) is 25.5 Å². The van der Waals surface area contributed by atoms with Crippen LogP contribution in [0.15, 0.2) is 29.4 Å². The van der Waals surface area contributed by atoms with E-state index in [1.807, 2.05) is 4.90 Å². The Labute approximate surface area is 158 Å². The van der Waals surface area contributed by atoms with E-state index in [0.717, 1.165) is 25.1 Å². The number of hydrogen-bond acceptors (Lipinski definition) is 5. The van der Waals surface area contributed by atoms with E-state index in [-0.39, 0.29) is 11.8 Å². The van der Waals surface area contributed by atoms with Crippen LogP contribution in [0.25, 0.3) is 0 Å². The van der Waals surface area contributed by atoms with Crippen molar-refractivity contribution in [1.82, 2.24) is 4.90 Å². The topological polar surface area (TPSA) is 80.2 Å². The molecule has 144 valence electrons. The molecule has 7 nitrogen and oxygen atoms in total. The van der Waals surface area contributed by atoms with Crippen LogP contribution in [0.2, 0.25) is 0 Å². The van der Waals surface area contributed by atoms with Crippen LogP contribution in [0.3, 0.4) is 0 Å². The van der Waals surface area contributed by atoms with Crippen molar-refractivity contribution >= 4 is 23.2 Å². The Hall–Kier alpha value is -2.57. The molecule has 4 rings (SSSR count). The Bertz CT molecular complexity index is 757. The van der Waals surface area contributed by atoms with Crippen molar-refractivity contribution in [2.24, 2.45) is 11.1 Å². The zero-order chi connectivity index (χ0) is 18.9. The van der Waals surface area contributed by atoms with E-state index in [0.29, 0.717) is 36.7 Å². The van der Waals surface area contributed by atoms with E-state index in [9.17, 15) is 9.59 Å². The molecule has 0 radical (unpaired) electrons. The highest BCUT2D eigenvalue weighted by Crippen LogP contribution is 2.36. The number of ether oxygens (including phenoxy) is 1. The predicted molar refractivity (Wildman–Crippen MR) is 101 cm³/mol. The molecule has 1 atom stereocenters. The summed E-state index contributed by atoms with van der Waals surface area (Å²) in [5, 5.41) is 6.89. The van der Waals surface area contributed by atoms with Gasteiger partial charge in [0.1, 0.15) is 11.5 Å². The van der Waals surface area contributed by atoms with Crippen LogP contribution in [-0.4, -0.2) is 48.2 Å². The van der Waals surface area contributed by atoms with Crippen LogP contribution in [-0.2, 0) is 14.4 Å². The third kappa shape index (κ3) is 4.07. The lowest BCUT2D eigenvalue weighted by Crippen LogP contribution is -2.50. The molecule has 2 fully saturated rings. The number of anilines is 1. The van der Waals surface area contributed by atoms with Gasteiger partial charge in [0.05, 0.1) is 13.7 Å². The van der Waals surface area contributed by atoms with Crippen molar-refractivity contribution < 1.29 is 19.2 Å². The summed E-state index contributed by atoms with van der Waals surface area (Å²) in [4.78, 5) is 32.6. The lowest BCUT2D eigenvalue weighted by molar-refractivity contribution is -0.141. The smallest absolute Gasteiger partial charge is 0.273 e. The highest BCUT2D eigenvalue weighted by Gasteiger charge is 2.45. The second kappa shape index (κ2) is 7.21. The molecule has 1 aliphatic carbocycles. The van der Waals surface area contributed by atoms with Gasteiger partial charge in [-0.2, -0.15) is 0 Å². The van der Waals surface area contributed by atoms with Gasteiger partial charge in [-0.1, -0.05) is 5.16 Å². The summed E-state index contributed by atoms with van der Waals surface area (Å²) < 4.78 is 5.12. The first-order chi connectivity index (χ1) is 13.1. The fourth-order valence-electron chi connectivity index (χ4n) is 3.75. The fourth-order valence-corrected chi connectivity index (χ4v) is 3.75. The molecule has 3 aliphatic rings. The summed E-state index contributed by atoms with van der Waals surface area (Å²) in [7, 11) is 1.60. The molecule has 0 bridgehead atoms. The minimum atomic E-state index is -0.552. The molecule has 0 unspecified atom stereocenters. The summed E-state index contributed by atoms with van der Waals surface area (Å²) in [6, 6.07) is 7.13. The van der Waals surface area contributed by atoms with Crippen LogP contribution in [0.1, 0.15) is 38.5 Å². The zero-order valence-electron chi connectivity index (χ0n) is 15.6. The molecular formula is C20H25N3O4. The first kappa shape index (κ1) is 17.8. The number of piperidine rings is 1. The Morgan fingerprint density at radius 3 is 2.81 bits per heavy atom. The first-order valence-corrected chi connectivity index (χ1v) is 9.55. The molecule has 1 spiro atoms. The van der Waals surface area contributed by atoms with Gasteiger partial charge in [0.15, 0.2) is 5.60 Å². The SMILES string of the molecule is COc1ccc(NC(=O)C2=NO[C@]3(CCCN(C(=O)CC4CC4)C3)C2)cc1. The van der Waals surface area contributed by atoms with Crippen molar-refractivity contribution in [2.45, 2.75) is 44.1 Å². The molecule has 1 saturated carbocycles.